The van der Waals surface area contributed by atoms with E-state index in [2.05, 4.69) is 26.6 Å². The number of hydrogen-bond acceptors (Lipinski definition) is 3. The maximum atomic E-state index is 12.7. The Hall–Kier alpha value is -3.12. The molecule has 0 saturated heterocycles. The zero-order valence-electron chi connectivity index (χ0n) is 15.2. The molecule has 0 bridgehead atoms. The SMILES string of the molecule is CCOc1ccc(Br)cc1C(=O)Nc1cccc(NC(=O)c2ccccc2)c1. The third-order valence-corrected chi connectivity index (χ3v) is 4.39. The van der Waals surface area contributed by atoms with E-state index in [9.17, 15) is 9.59 Å². The van der Waals surface area contributed by atoms with E-state index in [-0.39, 0.29) is 11.8 Å². The van der Waals surface area contributed by atoms with Crippen molar-refractivity contribution in [3.8, 4) is 5.75 Å². The lowest BCUT2D eigenvalue weighted by Gasteiger charge is -2.12. The molecule has 0 aromatic heterocycles. The molecule has 0 saturated carbocycles. The highest BCUT2D eigenvalue weighted by Gasteiger charge is 2.14. The second-order valence-corrected chi connectivity index (χ2v) is 6.84. The first-order chi connectivity index (χ1) is 13.6. The van der Waals surface area contributed by atoms with Crippen LogP contribution in [0.25, 0.3) is 0 Å². The fourth-order valence-corrected chi connectivity index (χ4v) is 2.99. The second-order valence-electron chi connectivity index (χ2n) is 5.93. The molecule has 0 unspecified atom stereocenters. The summed E-state index contributed by atoms with van der Waals surface area (Å²) in [6.07, 6.45) is 0. The van der Waals surface area contributed by atoms with Crippen LogP contribution in [-0.4, -0.2) is 18.4 Å². The Morgan fingerprint density at radius 1 is 0.857 bits per heavy atom. The first-order valence-corrected chi connectivity index (χ1v) is 9.56. The maximum absolute atomic E-state index is 12.7. The minimum atomic E-state index is -0.295. The van der Waals surface area contributed by atoms with Crippen molar-refractivity contribution in [3.63, 3.8) is 0 Å². The first-order valence-electron chi connectivity index (χ1n) is 8.77. The molecule has 6 heteroatoms. The van der Waals surface area contributed by atoms with Crippen LogP contribution in [0.2, 0.25) is 0 Å². The van der Waals surface area contributed by atoms with E-state index >= 15 is 0 Å². The van der Waals surface area contributed by atoms with Gasteiger partial charge in [-0.1, -0.05) is 40.2 Å². The normalized spacial score (nSPS) is 10.2. The standard InChI is InChI=1S/C22H19BrN2O3/c1-2-28-20-12-11-16(23)13-19(20)22(27)25-18-10-6-9-17(14-18)24-21(26)15-7-4-3-5-8-15/h3-14H,2H2,1H3,(H,24,26)(H,25,27). The second kappa shape index (κ2) is 9.19. The van der Waals surface area contributed by atoms with Gasteiger partial charge in [0, 0.05) is 21.4 Å². The number of hydrogen-bond donors (Lipinski definition) is 2. The summed E-state index contributed by atoms with van der Waals surface area (Å²) < 4.78 is 6.32. The Bertz CT molecular complexity index is 990. The number of ether oxygens (including phenoxy) is 1. The lowest BCUT2D eigenvalue weighted by atomic mass is 10.1. The molecule has 2 amide bonds. The van der Waals surface area contributed by atoms with E-state index in [1.54, 1.807) is 60.7 Å². The number of nitrogens with one attached hydrogen (secondary N) is 2. The third kappa shape index (κ3) is 4.98. The highest BCUT2D eigenvalue weighted by Crippen LogP contribution is 2.25. The molecular weight excluding hydrogens is 420 g/mol. The van der Waals surface area contributed by atoms with Gasteiger partial charge in [-0.2, -0.15) is 0 Å². The van der Waals surface area contributed by atoms with Crippen LogP contribution < -0.4 is 15.4 Å². The van der Waals surface area contributed by atoms with Gasteiger partial charge in [-0.15, -0.1) is 0 Å². The Kier molecular flexibility index (Phi) is 6.45. The summed E-state index contributed by atoms with van der Waals surface area (Å²) in [4.78, 5) is 25.0. The van der Waals surface area contributed by atoms with Crippen LogP contribution in [0.3, 0.4) is 0 Å². The molecule has 0 fully saturated rings. The van der Waals surface area contributed by atoms with Crippen molar-refractivity contribution < 1.29 is 14.3 Å². The Labute approximate surface area is 171 Å². The van der Waals surface area contributed by atoms with Crippen molar-refractivity contribution in [2.75, 3.05) is 17.2 Å². The fraction of sp³-hybridized carbons (Fsp3) is 0.0909. The number of rotatable bonds is 6. The Balaban J connectivity index is 1.75. The Morgan fingerprint density at radius 3 is 2.21 bits per heavy atom. The predicted molar refractivity (Wildman–Crippen MR) is 114 cm³/mol. The van der Waals surface area contributed by atoms with Gasteiger partial charge < -0.3 is 15.4 Å². The van der Waals surface area contributed by atoms with Crippen LogP contribution in [-0.2, 0) is 0 Å². The van der Waals surface area contributed by atoms with Crippen LogP contribution in [0.15, 0.2) is 77.3 Å². The van der Waals surface area contributed by atoms with Gasteiger partial charge in [-0.3, -0.25) is 9.59 Å². The minimum absolute atomic E-state index is 0.213. The predicted octanol–water partition coefficient (Wildman–Crippen LogP) is 5.35. The van der Waals surface area contributed by atoms with Gasteiger partial charge in [0.25, 0.3) is 11.8 Å². The van der Waals surface area contributed by atoms with Gasteiger partial charge >= 0.3 is 0 Å². The molecule has 0 spiro atoms. The molecule has 3 rings (SSSR count). The Morgan fingerprint density at radius 2 is 1.54 bits per heavy atom. The van der Waals surface area contributed by atoms with Gasteiger partial charge in [-0.05, 0) is 55.5 Å². The molecule has 142 valence electrons. The highest BCUT2D eigenvalue weighted by molar-refractivity contribution is 9.10. The van der Waals surface area contributed by atoms with Gasteiger partial charge in [0.15, 0.2) is 0 Å². The lowest BCUT2D eigenvalue weighted by Crippen LogP contribution is -2.15. The highest BCUT2D eigenvalue weighted by atomic mass is 79.9. The smallest absolute Gasteiger partial charge is 0.259 e. The van der Waals surface area contributed by atoms with Gasteiger partial charge in [0.1, 0.15) is 5.75 Å². The van der Waals surface area contributed by atoms with E-state index in [1.807, 2.05) is 19.1 Å². The van der Waals surface area contributed by atoms with Crippen LogP contribution in [0.1, 0.15) is 27.6 Å². The average molecular weight is 439 g/mol. The summed E-state index contributed by atoms with van der Waals surface area (Å²) in [7, 11) is 0. The number of carbonyl (C=O) groups excluding carboxylic acids is 2. The minimum Gasteiger partial charge on any atom is -0.493 e. The molecule has 3 aromatic rings. The fourth-order valence-electron chi connectivity index (χ4n) is 2.63. The number of halogens is 1. The largest absolute Gasteiger partial charge is 0.493 e. The molecule has 0 heterocycles. The molecule has 0 aliphatic rings. The van der Waals surface area contributed by atoms with Crippen molar-refractivity contribution in [1.29, 1.82) is 0 Å². The van der Waals surface area contributed by atoms with Crippen molar-refractivity contribution in [2.45, 2.75) is 6.92 Å². The summed E-state index contributed by atoms with van der Waals surface area (Å²) >= 11 is 3.38. The van der Waals surface area contributed by atoms with Crippen LogP contribution in [0, 0.1) is 0 Å². The van der Waals surface area contributed by atoms with Crippen LogP contribution in [0.5, 0.6) is 5.75 Å². The average Bonchev–Trinajstić information content (AvgIpc) is 2.70. The molecule has 5 nitrogen and oxygen atoms in total. The molecule has 0 aliphatic heterocycles. The van der Waals surface area contributed by atoms with Crippen LogP contribution >= 0.6 is 15.9 Å². The molecule has 3 aromatic carbocycles. The van der Waals surface area contributed by atoms with E-state index < -0.39 is 0 Å². The summed E-state index contributed by atoms with van der Waals surface area (Å²) in [5, 5.41) is 5.68. The lowest BCUT2D eigenvalue weighted by molar-refractivity contribution is 0.101. The molecule has 28 heavy (non-hydrogen) atoms. The molecule has 2 N–H and O–H groups in total. The zero-order valence-corrected chi connectivity index (χ0v) is 16.8. The monoisotopic (exact) mass is 438 g/mol. The molecule has 0 aliphatic carbocycles. The summed E-state index contributed by atoms with van der Waals surface area (Å²) in [5.41, 5.74) is 2.14. The van der Waals surface area contributed by atoms with Gasteiger partial charge in [0.2, 0.25) is 0 Å². The molecule has 0 atom stereocenters. The zero-order chi connectivity index (χ0) is 19.9. The number of carbonyl (C=O) groups is 2. The van der Waals surface area contributed by atoms with Crippen molar-refractivity contribution in [3.05, 3.63) is 88.4 Å². The van der Waals surface area contributed by atoms with E-state index in [4.69, 9.17) is 4.74 Å². The first kappa shape index (κ1) is 19.6. The third-order valence-electron chi connectivity index (χ3n) is 3.90. The van der Waals surface area contributed by atoms with Crippen molar-refractivity contribution in [2.24, 2.45) is 0 Å². The van der Waals surface area contributed by atoms with Crippen molar-refractivity contribution in [1.82, 2.24) is 0 Å². The number of anilines is 2. The van der Waals surface area contributed by atoms with Crippen LogP contribution in [0.4, 0.5) is 11.4 Å². The quantitative estimate of drug-likeness (QED) is 0.544. The number of benzene rings is 3. The molecular formula is C22H19BrN2O3. The van der Waals surface area contributed by atoms with E-state index in [0.717, 1.165) is 4.47 Å². The maximum Gasteiger partial charge on any atom is 0.259 e. The summed E-state index contributed by atoms with van der Waals surface area (Å²) in [5.74, 6) is 0.00252. The van der Waals surface area contributed by atoms with Gasteiger partial charge in [-0.25, -0.2) is 0 Å². The topological polar surface area (TPSA) is 67.4 Å². The van der Waals surface area contributed by atoms with Gasteiger partial charge in [0.05, 0.1) is 12.2 Å². The summed E-state index contributed by atoms with van der Waals surface area (Å²) in [6, 6.07) is 21.2. The number of amides is 2. The summed E-state index contributed by atoms with van der Waals surface area (Å²) in [6.45, 7) is 2.32. The molecule has 0 radical (unpaired) electrons. The van der Waals surface area contributed by atoms with E-state index in [1.165, 1.54) is 0 Å². The van der Waals surface area contributed by atoms with E-state index in [0.29, 0.717) is 34.9 Å². The van der Waals surface area contributed by atoms with Crippen molar-refractivity contribution >= 4 is 39.1 Å².